The fraction of sp³-hybridized carbons (Fsp3) is 0.778. The first kappa shape index (κ1) is 6.85. The lowest BCUT2D eigenvalue weighted by molar-refractivity contribution is 0.586. The molecule has 1 fully saturated rings. The third-order valence-electron chi connectivity index (χ3n) is 2.20. The van der Waals surface area contributed by atoms with Crippen molar-refractivity contribution in [2.24, 2.45) is 11.8 Å². The Hall–Kier alpha value is -0.260. The molecule has 0 heteroatoms. The molecule has 2 unspecified atom stereocenters. The van der Waals surface area contributed by atoms with Crippen LogP contribution in [0.1, 0.15) is 33.1 Å². The van der Waals surface area contributed by atoms with Crippen molar-refractivity contribution in [1.29, 1.82) is 0 Å². The van der Waals surface area contributed by atoms with E-state index < -0.39 is 0 Å². The summed E-state index contributed by atoms with van der Waals surface area (Å²) < 4.78 is 0. The molecule has 1 rings (SSSR count). The molecule has 0 saturated heterocycles. The van der Waals surface area contributed by atoms with E-state index in [0.717, 1.165) is 11.8 Å². The van der Waals surface area contributed by atoms with E-state index in [1.807, 2.05) is 0 Å². The van der Waals surface area contributed by atoms with Crippen LogP contribution in [0.2, 0.25) is 0 Å². The van der Waals surface area contributed by atoms with Crippen molar-refractivity contribution < 1.29 is 0 Å². The normalized spacial score (nSPS) is 36.2. The molecule has 0 heterocycles. The minimum absolute atomic E-state index is 0.907. The van der Waals surface area contributed by atoms with Crippen molar-refractivity contribution in [3.05, 3.63) is 12.2 Å². The first-order valence-corrected chi connectivity index (χ1v) is 3.95. The monoisotopic (exact) mass is 124 g/mol. The van der Waals surface area contributed by atoms with Crippen molar-refractivity contribution >= 4 is 0 Å². The lowest BCUT2D eigenvalue weighted by Gasteiger charge is -1.99. The minimum Gasteiger partial charge on any atom is -0.0914 e. The summed E-state index contributed by atoms with van der Waals surface area (Å²) in [5.41, 5.74) is 0. The molecule has 1 saturated carbocycles. The predicted molar refractivity (Wildman–Crippen MR) is 41.3 cm³/mol. The summed E-state index contributed by atoms with van der Waals surface area (Å²) >= 11 is 0. The van der Waals surface area contributed by atoms with E-state index in [2.05, 4.69) is 26.0 Å². The molecule has 9 heavy (non-hydrogen) atoms. The van der Waals surface area contributed by atoms with Gasteiger partial charge in [0.25, 0.3) is 0 Å². The van der Waals surface area contributed by atoms with Crippen LogP contribution in [0.5, 0.6) is 0 Å². The van der Waals surface area contributed by atoms with Gasteiger partial charge in [0, 0.05) is 0 Å². The Morgan fingerprint density at radius 2 is 2.11 bits per heavy atom. The molecule has 0 bridgehead atoms. The van der Waals surface area contributed by atoms with Gasteiger partial charge >= 0.3 is 0 Å². The van der Waals surface area contributed by atoms with Crippen LogP contribution in [0, 0.1) is 11.8 Å². The van der Waals surface area contributed by atoms with Crippen molar-refractivity contribution in [2.75, 3.05) is 0 Å². The zero-order valence-corrected chi connectivity index (χ0v) is 6.43. The topological polar surface area (TPSA) is 0 Å². The number of hydrogen-bond acceptors (Lipinski definition) is 0. The molecule has 2 atom stereocenters. The van der Waals surface area contributed by atoms with E-state index >= 15 is 0 Å². The Kier molecular flexibility index (Phi) is 2.32. The van der Waals surface area contributed by atoms with Crippen LogP contribution in [0.3, 0.4) is 0 Å². The number of rotatable bonds is 1. The van der Waals surface area contributed by atoms with Gasteiger partial charge in [0.2, 0.25) is 0 Å². The first-order chi connectivity index (χ1) is 4.33. The molecule has 0 N–H and O–H groups in total. The highest BCUT2D eigenvalue weighted by molar-refractivity contribution is 4.89. The van der Waals surface area contributed by atoms with Gasteiger partial charge < -0.3 is 0 Å². The average Bonchev–Trinajstić information content (AvgIpc) is 2.17. The summed E-state index contributed by atoms with van der Waals surface area (Å²) in [6, 6.07) is 0. The third-order valence-corrected chi connectivity index (χ3v) is 2.20. The Bertz CT molecular complexity index is 103. The molecule has 0 aromatic rings. The van der Waals surface area contributed by atoms with Gasteiger partial charge in [0.15, 0.2) is 0 Å². The maximum Gasteiger partial charge on any atom is -0.0231 e. The van der Waals surface area contributed by atoms with Crippen molar-refractivity contribution in [1.82, 2.24) is 0 Å². The Labute approximate surface area is 58.0 Å². The van der Waals surface area contributed by atoms with E-state index in [1.165, 1.54) is 19.3 Å². The van der Waals surface area contributed by atoms with Gasteiger partial charge in [0.05, 0.1) is 0 Å². The van der Waals surface area contributed by atoms with Gasteiger partial charge in [0.1, 0.15) is 0 Å². The molecule has 0 nitrogen and oxygen atoms in total. The maximum atomic E-state index is 2.35. The highest BCUT2D eigenvalue weighted by atomic mass is 14.2. The SMILES string of the molecule is CC=CC1CCC(C)C1. The summed E-state index contributed by atoms with van der Waals surface area (Å²) in [7, 11) is 0. The smallest absolute Gasteiger partial charge is 0.0231 e. The first-order valence-electron chi connectivity index (χ1n) is 3.95. The zero-order valence-electron chi connectivity index (χ0n) is 6.43. The van der Waals surface area contributed by atoms with Crippen molar-refractivity contribution in [3.63, 3.8) is 0 Å². The molecular formula is C9H16. The molecular weight excluding hydrogens is 108 g/mol. The van der Waals surface area contributed by atoms with Crippen LogP contribution in [0.25, 0.3) is 0 Å². The van der Waals surface area contributed by atoms with Gasteiger partial charge in [-0.2, -0.15) is 0 Å². The average molecular weight is 124 g/mol. The van der Waals surface area contributed by atoms with Crippen LogP contribution >= 0.6 is 0 Å². The van der Waals surface area contributed by atoms with E-state index in [1.54, 1.807) is 0 Å². The molecule has 1 aliphatic carbocycles. The minimum atomic E-state index is 0.907. The molecule has 0 radical (unpaired) electrons. The van der Waals surface area contributed by atoms with Crippen LogP contribution in [-0.2, 0) is 0 Å². The van der Waals surface area contributed by atoms with Gasteiger partial charge in [-0.25, -0.2) is 0 Å². The van der Waals surface area contributed by atoms with Crippen LogP contribution in [0.4, 0.5) is 0 Å². The Balaban J connectivity index is 2.30. The third kappa shape index (κ3) is 1.85. The lowest BCUT2D eigenvalue weighted by Crippen LogP contribution is -1.87. The van der Waals surface area contributed by atoms with E-state index in [4.69, 9.17) is 0 Å². The van der Waals surface area contributed by atoms with Crippen molar-refractivity contribution in [3.8, 4) is 0 Å². The van der Waals surface area contributed by atoms with Gasteiger partial charge in [-0.05, 0) is 31.6 Å². The van der Waals surface area contributed by atoms with Gasteiger partial charge in [-0.1, -0.05) is 25.5 Å². The summed E-state index contributed by atoms with van der Waals surface area (Å²) in [6.07, 6.45) is 8.82. The van der Waals surface area contributed by atoms with Gasteiger partial charge in [-0.15, -0.1) is 0 Å². The molecule has 1 aliphatic rings. The second-order valence-corrected chi connectivity index (χ2v) is 3.20. The lowest BCUT2D eigenvalue weighted by atomic mass is 10.1. The fourth-order valence-corrected chi connectivity index (χ4v) is 1.70. The Morgan fingerprint density at radius 3 is 2.56 bits per heavy atom. The van der Waals surface area contributed by atoms with E-state index in [0.29, 0.717) is 0 Å². The van der Waals surface area contributed by atoms with E-state index in [-0.39, 0.29) is 0 Å². The Morgan fingerprint density at radius 1 is 1.33 bits per heavy atom. The molecule has 0 aliphatic heterocycles. The second-order valence-electron chi connectivity index (χ2n) is 3.20. The van der Waals surface area contributed by atoms with Crippen molar-refractivity contribution in [2.45, 2.75) is 33.1 Å². The standard InChI is InChI=1S/C9H16/c1-3-4-9-6-5-8(2)7-9/h3-4,8-9H,5-7H2,1-2H3. The zero-order chi connectivity index (χ0) is 6.69. The highest BCUT2D eigenvalue weighted by Gasteiger charge is 2.17. The summed E-state index contributed by atoms with van der Waals surface area (Å²) in [6.45, 7) is 4.46. The largest absolute Gasteiger partial charge is 0.0914 e. The van der Waals surface area contributed by atoms with Crippen LogP contribution in [-0.4, -0.2) is 0 Å². The summed E-state index contributed by atoms with van der Waals surface area (Å²) in [5, 5.41) is 0. The summed E-state index contributed by atoms with van der Waals surface area (Å²) in [5.74, 6) is 1.89. The summed E-state index contributed by atoms with van der Waals surface area (Å²) in [4.78, 5) is 0. The number of allylic oxidation sites excluding steroid dienone is 2. The van der Waals surface area contributed by atoms with Crippen LogP contribution < -0.4 is 0 Å². The fourth-order valence-electron chi connectivity index (χ4n) is 1.70. The van der Waals surface area contributed by atoms with Crippen LogP contribution in [0.15, 0.2) is 12.2 Å². The number of hydrogen-bond donors (Lipinski definition) is 0. The quantitative estimate of drug-likeness (QED) is 0.471. The molecule has 0 aromatic carbocycles. The molecule has 0 spiro atoms. The highest BCUT2D eigenvalue weighted by Crippen LogP contribution is 2.30. The van der Waals surface area contributed by atoms with Gasteiger partial charge in [-0.3, -0.25) is 0 Å². The molecule has 52 valence electrons. The maximum absolute atomic E-state index is 2.35. The van der Waals surface area contributed by atoms with E-state index in [9.17, 15) is 0 Å². The molecule has 0 aromatic heterocycles. The second kappa shape index (κ2) is 3.05. The predicted octanol–water partition coefficient (Wildman–Crippen LogP) is 3.00. The molecule has 0 amide bonds.